The highest BCUT2D eigenvalue weighted by atomic mass is 16.2. The van der Waals surface area contributed by atoms with E-state index in [1.807, 2.05) is 11.0 Å². The Labute approximate surface area is 159 Å². The van der Waals surface area contributed by atoms with Crippen LogP contribution in [-0.2, 0) is 6.42 Å². The third-order valence-electron chi connectivity index (χ3n) is 5.15. The molecule has 1 aliphatic rings. The van der Waals surface area contributed by atoms with Gasteiger partial charge in [-0.15, -0.1) is 0 Å². The van der Waals surface area contributed by atoms with Gasteiger partial charge in [0.25, 0.3) is 5.91 Å². The van der Waals surface area contributed by atoms with Crippen LogP contribution in [0.1, 0.15) is 41.7 Å². The lowest BCUT2D eigenvalue weighted by Gasteiger charge is -2.19. The molecule has 0 aliphatic carbocycles. The zero-order valence-electron chi connectivity index (χ0n) is 15.4. The molecule has 3 aromatic rings. The molecule has 0 spiro atoms. The van der Waals surface area contributed by atoms with E-state index in [2.05, 4.69) is 44.7 Å². The van der Waals surface area contributed by atoms with Crippen LogP contribution < -0.4 is 5.32 Å². The molecule has 1 amide bonds. The first kappa shape index (κ1) is 17.5. The van der Waals surface area contributed by atoms with Gasteiger partial charge >= 0.3 is 0 Å². The minimum Gasteiger partial charge on any atom is -0.370 e. The van der Waals surface area contributed by atoms with E-state index in [9.17, 15) is 4.79 Å². The minimum atomic E-state index is 0.0129. The second-order valence-electron chi connectivity index (χ2n) is 7.03. The van der Waals surface area contributed by atoms with Crippen molar-refractivity contribution in [2.75, 3.05) is 25.0 Å². The van der Waals surface area contributed by atoms with Crippen LogP contribution in [0.2, 0.25) is 0 Å². The molecule has 2 N–H and O–H groups in total. The van der Waals surface area contributed by atoms with Gasteiger partial charge < -0.3 is 15.2 Å². The summed E-state index contributed by atoms with van der Waals surface area (Å²) in [6.07, 6.45) is 8.96. The van der Waals surface area contributed by atoms with Crippen molar-refractivity contribution in [3.63, 3.8) is 0 Å². The van der Waals surface area contributed by atoms with Gasteiger partial charge in [-0.25, -0.2) is 9.97 Å². The van der Waals surface area contributed by atoms with Crippen molar-refractivity contribution in [3.8, 4) is 0 Å². The van der Waals surface area contributed by atoms with E-state index in [1.54, 1.807) is 6.07 Å². The highest BCUT2D eigenvalue weighted by Crippen LogP contribution is 2.18. The molecule has 0 saturated carbocycles. The van der Waals surface area contributed by atoms with E-state index in [4.69, 9.17) is 0 Å². The minimum absolute atomic E-state index is 0.0129. The molecule has 4 rings (SSSR count). The molecule has 1 aliphatic heterocycles. The Morgan fingerprint density at radius 1 is 1.11 bits per heavy atom. The number of likely N-dealkylation sites (tertiary alicyclic amines) is 1. The zero-order chi connectivity index (χ0) is 18.5. The summed E-state index contributed by atoms with van der Waals surface area (Å²) in [4.78, 5) is 26.4. The van der Waals surface area contributed by atoms with Crippen molar-refractivity contribution in [3.05, 3.63) is 54.1 Å². The van der Waals surface area contributed by atoms with Crippen molar-refractivity contribution in [1.29, 1.82) is 0 Å². The summed E-state index contributed by atoms with van der Waals surface area (Å²) < 4.78 is 0. The molecule has 3 heterocycles. The number of fused-ring (bicyclic) bond motifs is 1. The van der Waals surface area contributed by atoms with Gasteiger partial charge in [-0.05, 0) is 30.9 Å². The number of carbonyl (C=O) groups excluding carboxylic acids is 1. The summed E-state index contributed by atoms with van der Waals surface area (Å²) in [6.45, 7) is 2.40. The van der Waals surface area contributed by atoms with Crippen LogP contribution in [0.3, 0.4) is 0 Å². The van der Waals surface area contributed by atoms with E-state index < -0.39 is 0 Å². The number of benzene rings is 1. The Morgan fingerprint density at radius 3 is 2.78 bits per heavy atom. The van der Waals surface area contributed by atoms with E-state index in [1.165, 1.54) is 30.1 Å². The number of anilines is 1. The topological polar surface area (TPSA) is 73.9 Å². The third kappa shape index (κ3) is 4.10. The summed E-state index contributed by atoms with van der Waals surface area (Å²) in [7, 11) is 0. The molecule has 0 bridgehead atoms. The van der Waals surface area contributed by atoms with Gasteiger partial charge in [-0.3, -0.25) is 4.79 Å². The molecule has 0 unspecified atom stereocenters. The first-order chi connectivity index (χ1) is 13.3. The third-order valence-corrected chi connectivity index (χ3v) is 5.15. The number of rotatable bonds is 5. The predicted octanol–water partition coefficient (Wildman–Crippen LogP) is 3.63. The summed E-state index contributed by atoms with van der Waals surface area (Å²) in [5.41, 5.74) is 2.90. The number of para-hydroxylation sites is 1. The molecule has 140 valence electrons. The number of hydrogen-bond donors (Lipinski definition) is 2. The number of aromatic amines is 1. The van der Waals surface area contributed by atoms with Gasteiger partial charge in [0.15, 0.2) is 0 Å². The number of carbonyl (C=O) groups is 1. The lowest BCUT2D eigenvalue weighted by Crippen LogP contribution is -2.32. The second-order valence-corrected chi connectivity index (χ2v) is 7.03. The smallest absolute Gasteiger partial charge is 0.272 e. The Hall–Kier alpha value is -2.89. The molecule has 1 aromatic carbocycles. The Morgan fingerprint density at radius 2 is 1.93 bits per heavy atom. The second kappa shape index (κ2) is 8.20. The van der Waals surface area contributed by atoms with Crippen LogP contribution in [0, 0.1) is 0 Å². The highest BCUT2D eigenvalue weighted by Gasteiger charge is 2.18. The predicted molar refractivity (Wildman–Crippen MR) is 107 cm³/mol. The molecule has 27 heavy (non-hydrogen) atoms. The maximum Gasteiger partial charge on any atom is 0.272 e. The quantitative estimate of drug-likeness (QED) is 0.726. The lowest BCUT2D eigenvalue weighted by atomic mass is 10.1. The lowest BCUT2D eigenvalue weighted by molar-refractivity contribution is 0.0755. The maximum atomic E-state index is 12.7. The van der Waals surface area contributed by atoms with Crippen molar-refractivity contribution in [2.45, 2.75) is 32.1 Å². The largest absolute Gasteiger partial charge is 0.370 e. The molecule has 0 atom stereocenters. The molecule has 1 fully saturated rings. The van der Waals surface area contributed by atoms with Gasteiger partial charge in [0, 0.05) is 42.8 Å². The van der Waals surface area contributed by atoms with Crippen molar-refractivity contribution in [1.82, 2.24) is 19.9 Å². The van der Waals surface area contributed by atoms with Crippen molar-refractivity contribution in [2.24, 2.45) is 0 Å². The van der Waals surface area contributed by atoms with Crippen LogP contribution in [-0.4, -0.2) is 45.4 Å². The van der Waals surface area contributed by atoms with Gasteiger partial charge in [-0.2, -0.15) is 0 Å². The number of hydrogen-bond acceptors (Lipinski definition) is 4. The molecule has 6 nitrogen and oxygen atoms in total. The monoisotopic (exact) mass is 363 g/mol. The number of amides is 1. The van der Waals surface area contributed by atoms with Gasteiger partial charge in [-0.1, -0.05) is 31.0 Å². The van der Waals surface area contributed by atoms with E-state index in [-0.39, 0.29) is 5.91 Å². The Kier molecular flexibility index (Phi) is 5.32. The Bertz CT molecular complexity index is 912. The number of nitrogens with one attached hydrogen (secondary N) is 2. The fourth-order valence-electron chi connectivity index (χ4n) is 3.67. The van der Waals surface area contributed by atoms with Crippen LogP contribution in [0.5, 0.6) is 0 Å². The summed E-state index contributed by atoms with van der Waals surface area (Å²) in [6, 6.07) is 10.1. The SMILES string of the molecule is O=C(c1cc(NCCc2c[nH]c3ccccc23)ncn1)N1CCCCCC1. The summed E-state index contributed by atoms with van der Waals surface area (Å²) in [5, 5.41) is 4.57. The van der Waals surface area contributed by atoms with E-state index >= 15 is 0 Å². The molecule has 6 heteroatoms. The number of aromatic nitrogens is 3. The summed E-state index contributed by atoms with van der Waals surface area (Å²) >= 11 is 0. The average molecular weight is 363 g/mol. The first-order valence-corrected chi connectivity index (χ1v) is 9.71. The zero-order valence-corrected chi connectivity index (χ0v) is 15.4. The normalized spacial score (nSPS) is 14.9. The van der Waals surface area contributed by atoms with Crippen molar-refractivity contribution >= 4 is 22.6 Å². The number of nitrogens with zero attached hydrogens (tertiary/aromatic N) is 3. The van der Waals surface area contributed by atoms with Crippen LogP contribution >= 0.6 is 0 Å². The molecule has 1 saturated heterocycles. The first-order valence-electron chi connectivity index (χ1n) is 9.71. The van der Waals surface area contributed by atoms with Gasteiger partial charge in [0.1, 0.15) is 17.8 Å². The maximum absolute atomic E-state index is 12.7. The fourth-order valence-corrected chi connectivity index (χ4v) is 3.67. The fraction of sp³-hybridized carbons (Fsp3) is 0.381. The highest BCUT2D eigenvalue weighted by molar-refractivity contribution is 5.93. The average Bonchev–Trinajstić information content (AvgIpc) is 2.93. The Balaban J connectivity index is 1.38. The molecule has 0 radical (unpaired) electrons. The molecular weight excluding hydrogens is 338 g/mol. The molecular formula is C21H25N5O. The van der Waals surface area contributed by atoms with Gasteiger partial charge in [0.05, 0.1) is 0 Å². The van der Waals surface area contributed by atoms with Crippen LogP contribution in [0.25, 0.3) is 10.9 Å². The van der Waals surface area contributed by atoms with E-state index in [0.717, 1.165) is 44.4 Å². The van der Waals surface area contributed by atoms with Crippen molar-refractivity contribution < 1.29 is 4.79 Å². The van der Waals surface area contributed by atoms with E-state index in [0.29, 0.717) is 11.5 Å². The number of H-pyrrole nitrogens is 1. The standard InChI is InChI=1S/C21H25N5O/c27-21(26-11-5-1-2-6-12-26)19-13-20(25-15-24-19)22-10-9-16-14-23-18-8-4-3-7-17(16)18/h3-4,7-8,13-15,23H,1-2,5-6,9-12H2,(H,22,24,25). The van der Waals surface area contributed by atoms with Gasteiger partial charge in [0.2, 0.25) is 0 Å². The van der Waals surface area contributed by atoms with Crippen LogP contribution in [0.15, 0.2) is 42.9 Å². The van der Waals surface area contributed by atoms with Crippen LogP contribution in [0.4, 0.5) is 5.82 Å². The summed E-state index contributed by atoms with van der Waals surface area (Å²) in [5.74, 6) is 0.710. The molecule has 2 aromatic heterocycles.